The van der Waals surface area contributed by atoms with Crippen molar-refractivity contribution in [1.82, 2.24) is 5.32 Å². The van der Waals surface area contributed by atoms with E-state index in [2.05, 4.69) is 11.2 Å². The maximum atomic E-state index is 13.4. The topological polar surface area (TPSA) is 29.1 Å². The van der Waals surface area contributed by atoms with Gasteiger partial charge in [-0.3, -0.25) is 4.79 Å². The minimum atomic E-state index is -0.527. The molecule has 90 valence electrons. The first-order valence-electron chi connectivity index (χ1n) is 5.61. The van der Waals surface area contributed by atoms with Gasteiger partial charge in [-0.2, -0.15) is 0 Å². The molecular weight excluding hydrogens is 217 g/mol. The molecule has 0 saturated heterocycles. The van der Waals surface area contributed by atoms with Gasteiger partial charge >= 0.3 is 0 Å². The van der Waals surface area contributed by atoms with Crippen molar-refractivity contribution < 1.29 is 9.18 Å². The zero-order valence-electron chi connectivity index (χ0n) is 10.1. The summed E-state index contributed by atoms with van der Waals surface area (Å²) < 4.78 is 13.4. The number of benzene rings is 1. The van der Waals surface area contributed by atoms with Gasteiger partial charge in [0.2, 0.25) is 0 Å². The molecule has 0 saturated carbocycles. The van der Waals surface area contributed by atoms with Crippen LogP contribution in [0.4, 0.5) is 4.39 Å². The number of hydrogen-bond donors (Lipinski definition) is 1. The molecule has 1 amide bonds. The standard InChI is InChI=1S/C14H16FNO/c1-4-6-11(5-2)16-14(17)12-9-10(3)7-8-13(12)15/h2,7-9,11H,4,6H2,1,3H3,(H,16,17). The van der Waals surface area contributed by atoms with Gasteiger partial charge < -0.3 is 5.32 Å². The SMILES string of the molecule is C#CC(CCC)NC(=O)c1cc(C)ccc1F. The van der Waals surface area contributed by atoms with Crippen LogP contribution in [0.3, 0.4) is 0 Å². The Morgan fingerprint density at radius 3 is 2.88 bits per heavy atom. The zero-order valence-corrected chi connectivity index (χ0v) is 10.1. The van der Waals surface area contributed by atoms with E-state index in [-0.39, 0.29) is 11.6 Å². The summed E-state index contributed by atoms with van der Waals surface area (Å²) in [4.78, 5) is 11.8. The molecule has 17 heavy (non-hydrogen) atoms. The Hall–Kier alpha value is -1.82. The summed E-state index contributed by atoms with van der Waals surface area (Å²) in [6.45, 7) is 3.78. The Morgan fingerprint density at radius 1 is 1.59 bits per heavy atom. The van der Waals surface area contributed by atoms with Gasteiger partial charge in [-0.05, 0) is 25.5 Å². The third-order valence-electron chi connectivity index (χ3n) is 2.45. The van der Waals surface area contributed by atoms with E-state index in [1.54, 1.807) is 13.0 Å². The molecule has 0 spiro atoms. The predicted octanol–water partition coefficient (Wildman–Crippen LogP) is 2.67. The molecule has 1 N–H and O–H groups in total. The predicted molar refractivity (Wildman–Crippen MR) is 66.1 cm³/mol. The number of terminal acetylenes is 1. The van der Waals surface area contributed by atoms with Crippen molar-refractivity contribution in [2.45, 2.75) is 32.7 Å². The van der Waals surface area contributed by atoms with Crippen LogP contribution in [0.15, 0.2) is 18.2 Å². The van der Waals surface area contributed by atoms with Crippen molar-refractivity contribution in [3.8, 4) is 12.3 Å². The number of nitrogens with one attached hydrogen (secondary N) is 1. The Balaban J connectivity index is 2.83. The number of carbonyl (C=O) groups is 1. The normalized spacial score (nSPS) is 11.6. The van der Waals surface area contributed by atoms with E-state index in [1.807, 2.05) is 6.92 Å². The number of halogens is 1. The van der Waals surface area contributed by atoms with Crippen LogP contribution in [-0.2, 0) is 0 Å². The second-order valence-corrected chi connectivity index (χ2v) is 3.96. The number of amides is 1. The number of hydrogen-bond acceptors (Lipinski definition) is 1. The van der Waals surface area contributed by atoms with Crippen molar-refractivity contribution in [1.29, 1.82) is 0 Å². The molecule has 0 aliphatic rings. The Labute approximate surface area is 101 Å². The van der Waals surface area contributed by atoms with Gasteiger partial charge in [0.05, 0.1) is 11.6 Å². The van der Waals surface area contributed by atoms with Crippen molar-refractivity contribution in [3.63, 3.8) is 0 Å². The van der Waals surface area contributed by atoms with Crippen LogP contribution in [0.2, 0.25) is 0 Å². The van der Waals surface area contributed by atoms with Crippen LogP contribution in [0.25, 0.3) is 0 Å². The first-order valence-corrected chi connectivity index (χ1v) is 5.61. The third kappa shape index (κ3) is 3.60. The lowest BCUT2D eigenvalue weighted by Gasteiger charge is -2.12. The van der Waals surface area contributed by atoms with E-state index in [1.165, 1.54) is 12.1 Å². The monoisotopic (exact) mass is 233 g/mol. The largest absolute Gasteiger partial charge is 0.338 e. The molecule has 0 fully saturated rings. The first kappa shape index (κ1) is 13.2. The summed E-state index contributed by atoms with van der Waals surface area (Å²) in [5.74, 6) is 1.50. The Bertz CT molecular complexity index is 448. The van der Waals surface area contributed by atoms with Gasteiger partial charge in [0.25, 0.3) is 5.91 Å². The number of carbonyl (C=O) groups excluding carboxylic acids is 1. The molecule has 1 rings (SSSR count). The molecular formula is C14H16FNO. The molecule has 1 aromatic carbocycles. The zero-order chi connectivity index (χ0) is 12.8. The van der Waals surface area contributed by atoms with Crippen molar-refractivity contribution in [2.75, 3.05) is 0 Å². The average Bonchev–Trinajstić information content (AvgIpc) is 2.31. The van der Waals surface area contributed by atoms with Gasteiger partial charge in [0.15, 0.2) is 0 Å². The second-order valence-electron chi connectivity index (χ2n) is 3.96. The van der Waals surface area contributed by atoms with E-state index in [9.17, 15) is 9.18 Å². The number of aryl methyl sites for hydroxylation is 1. The van der Waals surface area contributed by atoms with Crippen LogP contribution in [0, 0.1) is 25.1 Å². The Morgan fingerprint density at radius 2 is 2.29 bits per heavy atom. The highest BCUT2D eigenvalue weighted by Gasteiger charge is 2.14. The summed E-state index contributed by atoms with van der Waals surface area (Å²) in [5.41, 5.74) is 0.880. The van der Waals surface area contributed by atoms with Crippen molar-refractivity contribution >= 4 is 5.91 Å². The fourth-order valence-corrected chi connectivity index (χ4v) is 1.53. The second kappa shape index (κ2) is 6.05. The minimum absolute atomic E-state index is 0.0429. The molecule has 1 aromatic rings. The van der Waals surface area contributed by atoms with Crippen LogP contribution in [0.5, 0.6) is 0 Å². The lowest BCUT2D eigenvalue weighted by molar-refractivity contribution is 0.0940. The fraction of sp³-hybridized carbons (Fsp3) is 0.357. The molecule has 3 heteroatoms. The highest BCUT2D eigenvalue weighted by Crippen LogP contribution is 2.10. The fourth-order valence-electron chi connectivity index (χ4n) is 1.53. The highest BCUT2D eigenvalue weighted by molar-refractivity contribution is 5.95. The molecule has 0 bridgehead atoms. The van der Waals surface area contributed by atoms with E-state index in [0.29, 0.717) is 6.42 Å². The summed E-state index contributed by atoms with van der Waals surface area (Å²) in [7, 11) is 0. The molecule has 0 heterocycles. The molecule has 0 aliphatic heterocycles. The highest BCUT2D eigenvalue weighted by atomic mass is 19.1. The minimum Gasteiger partial charge on any atom is -0.338 e. The summed E-state index contributed by atoms with van der Waals surface area (Å²) >= 11 is 0. The molecule has 0 aliphatic carbocycles. The van der Waals surface area contributed by atoms with Gasteiger partial charge in [0, 0.05) is 0 Å². The van der Waals surface area contributed by atoms with Crippen LogP contribution in [0.1, 0.15) is 35.7 Å². The average molecular weight is 233 g/mol. The summed E-state index contributed by atoms with van der Waals surface area (Å²) in [5, 5.41) is 2.64. The van der Waals surface area contributed by atoms with Gasteiger partial charge in [0.1, 0.15) is 5.82 Å². The van der Waals surface area contributed by atoms with E-state index in [4.69, 9.17) is 6.42 Å². The van der Waals surface area contributed by atoms with Crippen LogP contribution >= 0.6 is 0 Å². The van der Waals surface area contributed by atoms with E-state index >= 15 is 0 Å². The van der Waals surface area contributed by atoms with Gasteiger partial charge in [-0.15, -0.1) is 6.42 Å². The quantitative estimate of drug-likeness (QED) is 0.796. The van der Waals surface area contributed by atoms with E-state index in [0.717, 1.165) is 12.0 Å². The molecule has 0 radical (unpaired) electrons. The number of rotatable bonds is 4. The molecule has 0 aromatic heterocycles. The smallest absolute Gasteiger partial charge is 0.255 e. The van der Waals surface area contributed by atoms with Crippen molar-refractivity contribution in [2.24, 2.45) is 0 Å². The molecule has 1 unspecified atom stereocenters. The lowest BCUT2D eigenvalue weighted by Crippen LogP contribution is -2.34. The summed E-state index contributed by atoms with van der Waals surface area (Å²) in [6.07, 6.45) is 6.85. The van der Waals surface area contributed by atoms with Crippen molar-refractivity contribution in [3.05, 3.63) is 35.1 Å². The molecule has 2 nitrogen and oxygen atoms in total. The summed E-state index contributed by atoms with van der Waals surface area (Å²) in [6, 6.07) is 4.09. The maximum Gasteiger partial charge on any atom is 0.255 e. The Kier molecular flexibility index (Phi) is 4.71. The van der Waals surface area contributed by atoms with E-state index < -0.39 is 11.7 Å². The van der Waals surface area contributed by atoms with Gasteiger partial charge in [-0.1, -0.05) is 30.9 Å². The van der Waals surface area contributed by atoms with Crippen LogP contribution < -0.4 is 5.32 Å². The molecule has 1 atom stereocenters. The third-order valence-corrected chi connectivity index (χ3v) is 2.45. The lowest BCUT2D eigenvalue weighted by atomic mass is 10.1. The van der Waals surface area contributed by atoms with Crippen LogP contribution in [-0.4, -0.2) is 11.9 Å². The van der Waals surface area contributed by atoms with Gasteiger partial charge in [-0.25, -0.2) is 4.39 Å². The maximum absolute atomic E-state index is 13.4. The first-order chi connectivity index (χ1) is 8.08.